The van der Waals surface area contributed by atoms with Crippen molar-refractivity contribution in [1.82, 2.24) is 0 Å². The summed E-state index contributed by atoms with van der Waals surface area (Å²) in [5.41, 5.74) is 10.1. The first-order chi connectivity index (χ1) is 9.47. The highest BCUT2D eigenvalue weighted by Crippen LogP contribution is 2.46. The van der Waals surface area contributed by atoms with Crippen LogP contribution in [-0.4, -0.2) is 5.91 Å². The maximum Gasteiger partial charge on any atom is 0.228 e. The molecule has 1 aliphatic carbocycles. The molecule has 1 fully saturated rings. The number of hydrogen-bond donors (Lipinski definition) is 2. The number of anilines is 1. The van der Waals surface area contributed by atoms with Gasteiger partial charge >= 0.3 is 0 Å². The van der Waals surface area contributed by atoms with E-state index in [1.807, 2.05) is 6.07 Å². The summed E-state index contributed by atoms with van der Waals surface area (Å²) < 4.78 is 0. The van der Waals surface area contributed by atoms with Gasteiger partial charge in [-0.05, 0) is 41.4 Å². The number of nitrogens with one attached hydrogen (secondary N) is 1. The van der Waals surface area contributed by atoms with Crippen LogP contribution in [0.3, 0.4) is 0 Å². The van der Waals surface area contributed by atoms with Crippen molar-refractivity contribution >= 4 is 11.6 Å². The molecule has 0 bridgehead atoms. The lowest BCUT2D eigenvalue weighted by Gasteiger charge is -2.42. The fourth-order valence-electron chi connectivity index (χ4n) is 3.88. The van der Waals surface area contributed by atoms with Gasteiger partial charge in [0.15, 0.2) is 0 Å². The van der Waals surface area contributed by atoms with Crippen molar-refractivity contribution in [2.45, 2.75) is 52.0 Å². The lowest BCUT2D eigenvalue weighted by molar-refractivity contribution is -0.115. The predicted octanol–water partition coefficient (Wildman–Crippen LogP) is 3.40. The van der Waals surface area contributed by atoms with Crippen LogP contribution in [0.2, 0.25) is 0 Å². The van der Waals surface area contributed by atoms with Crippen LogP contribution in [0.1, 0.15) is 56.7 Å². The lowest BCUT2D eigenvalue weighted by Crippen LogP contribution is -2.36. The average molecular weight is 272 g/mol. The first-order valence-electron chi connectivity index (χ1n) is 7.66. The fourth-order valence-corrected chi connectivity index (χ4v) is 3.88. The summed E-state index contributed by atoms with van der Waals surface area (Å²) in [6, 6.07) is 6.29. The summed E-state index contributed by atoms with van der Waals surface area (Å²) in [6.07, 6.45) is 5.56. The zero-order chi connectivity index (χ0) is 14.3. The molecule has 1 heterocycles. The highest BCUT2D eigenvalue weighted by Gasteiger charge is 2.36. The smallest absolute Gasteiger partial charge is 0.228 e. The van der Waals surface area contributed by atoms with E-state index in [0.717, 1.165) is 11.3 Å². The molecule has 3 heteroatoms. The first-order valence-corrected chi connectivity index (χ1v) is 7.66. The number of rotatable bonds is 2. The van der Waals surface area contributed by atoms with Crippen molar-refractivity contribution in [2.24, 2.45) is 17.1 Å². The molecular weight excluding hydrogens is 248 g/mol. The largest absolute Gasteiger partial charge is 0.326 e. The van der Waals surface area contributed by atoms with E-state index in [1.54, 1.807) is 0 Å². The van der Waals surface area contributed by atoms with E-state index in [0.29, 0.717) is 17.8 Å². The topological polar surface area (TPSA) is 55.1 Å². The van der Waals surface area contributed by atoms with Crippen LogP contribution in [0.4, 0.5) is 5.69 Å². The molecule has 0 spiro atoms. The Morgan fingerprint density at radius 3 is 2.90 bits per heavy atom. The molecule has 2 atom stereocenters. The third-order valence-corrected chi connectivity index (χ3v) is 5.16. The van der Waals surface area contributed by atoms with Crippen LogP contribution in [0.25, 0.3) is 0 Å². The van der Waals surface area contributed by atoms with Crippen LogP contribution < -0.4 is 11.1 Å². The van der Waals surface area contributed by atoms with Gasteiger partial charge in [-0.2, -0.15) is 0 Å². The molecule has 3 nitrogen and oxygen atoms in total. The van der Waals surface area contributed by atoms with Gasteiger partial charge in [0.05, 0.1) is 6.42 Å². The van der Waals surface area contributed by atoms with Gasteiger partial charge in [0.2, 0.25) is 5.91 Å². The zero-order valence-corrected chi connectivity index (χ0v) is 12.4. The zero-order valence-electron chi connectivity index (χ0n) is 12.4. The van der Waals surface area contributed by atoms with Crippen LogP contribution in [0.5, 0.6) is 0 Å². The van der Waals surface area contributed by atoms with Gasteiger partial charge in [-0.15, -0.1) is 0 Å². The van der Waals surface area contributed by atoms with Gasteiger partial charge in [-0.25, -0.2) is 0 Å². The summed E-state index contributed by atoms with van der Waals surface area (Å²) in [5.74, 6) is 0.614. The molecule has 108 valence electrons. The number of nitrogens with two attached hydrogens (primary N) is 1. The van der Waals surface area contributed by atoms with Crippen molar-refractivity contribution in [3.8, 4) is 0 Å². The second-order valence-electron chi connectivity index (χ2n) is 7.01. The van der Waals surface area contributed by atoms with Crippen molar-refractivity contribution in [3.63, 3.8) is 0 Å². The number of carbonyl (C=O) groups is 1. The molecule has 0 radical (unpaired) electrons. The Labute approximate surface area is 120 Å². The van der Waals surface area contributed by atoms with Crippen LogP contribution >= 0.6 is 0 Å². The number of hydrogen-bond acceptors (Lipinski definition) is 2. The van der Waals surface area contributed by atoms with Crippen LogP contribution in [-0.2, 0) is 11.2 Å². The molecule has 1 amide bonds. The van der Waals surface area contributed by atoms with Gasteiger partial charge < -0.3 is 11.1 Å². The molecule has 0 saturated heterocycles. The number of amides is 1. The van der Waals surface area contributed by atoms with Crippen molar-refractivity contribution in [3.05, 3.63) is 29.3 Å². The molecule has 1 aliphatic heterocycles. The average Bonchev–Trinajstić information content (AvgIpc) is 2.76. The van der Waals surface area contributed by atoms with Crippen molar-refractivity contribution < 1.29 is 4.79 Å². The van der Waals surface area contributed by atoms with Gasteiger partial charge in [-0.3, -0.25) is 4.79 Å². The van der Waals surface area contributed by atoms with E-state index in [1.165, 1.54) is 31.2 Å². The maximum atomic E-state index is 11.4. The minimum absolute atomic E-state index is 0.0753. The number of carbonyl (C=O) groups excluding carboxylic acids is 1. The number of fused-ring (bicyclic) bond motifs is 1. The molecule has 3 N–H and O–H groups in total. The Balaban J connectivity index is 1.86. The normalized spacial score (nSPS) is 25.9. The summed E-state index contributed by atoms with van der Waals surface area (Å²) in [6.45, 7) is 4.68. The summed E-state index contributed by atoms with van der Waals surface area (Å²) in [4.78, 5) is 11.4. The SMILES string of the molecule is CC1(C)CCCCC1C(N)c1ccc2c(c1)CC(=O)N2. The third-order valence-electron chi connectivity index (χ3n) is 5.16. The standard InChI is InChI=1S/C17H24N2O/c1-17(2)8-4-3-5-13(17)16(18)11-6-7-14-12(9-11)10-15(20)19-14/h6-7,9,13,16H,3-5,8,10,18H2,1-2H3,(H,19,20). The molecule has 20 heavy (non-hydrogen) atoms. The van der Waals surface area contributed by atoms with Crippen molar-refractivity contribution in [2.75, 3.05) is 5.32 Å². The maximum absolute atomic E-state index is 11.4. The predicted molar refractivity (Wildman–Crippen MR) is 81.4 cm³/mol. The second-order valence-corrected chi connectivity index (χ2v) is 7.01. The minimum Gasteiger partial charge on any atom is -0.326 e. The Bertz CT molecular complexity index is 536. The summed E-state index contributed by atoms with van der Waals surface area (Å²) >= 11 is 0. The molecule has 1 aromatic carbocycles. The molecule has 2 aliphatic rings. The monoisotopic (exact) mass is 272 g/mol. The highest BCUT2D eigenvalue weighted by molar-refractivity contribution is 5.99. The van der Waals surface area contributed by atoms with Gasteiger partial charge in [0, 0.05) is 11.7 Å². The first kappa shape index (κ1) is 13.6. The Hall–Kier alpha value is -1.35. The van der Waals surface area contributed by atoms with Crippen LogP contribution in [0, 0.1) is 11.3 Å². The summed E-state index contributed by atoms with van der Waals surface area (Å²) in [5, 5.41) is 2.88. The minimum atomic E-state index is 0.0753. The highest BCUT2D eigenvalue weighted by atomic mass is 16.1. The molecule has 2 unspecified atom stereocenters. The van der Waals surface area contributed by atoms with Gasteiger partial charge in [0.25, 0.3) is 0 Å². The van der Waals surface area contributed by atoms with E-state index >= 15 is 0 Å². The van der Waals surface area contributed by atoms with Crippen LogP contribution in [0.15, 0.2) is 18.2 Å². The van der Waals surface area contributed by atoms with E-state index in [4.69, 9.17) is 5.73 Å². The van der Waals surface area contributed by atoms with E-state index < -0.39 is 0 Å². The lowest BCUT2D eigenvalue weighted by atomic mass is 9.65. The third kappa shape index (κ3) is 2.35. The van der Waals surface area contributed by atoms with Gasteiger partial charge in [0.1, 0.15) is 0 Å². The van der Waals surface area contributed by atoms with Gasteiger partial charge in [-0.1, -0.05) is 38.8 Å². The van der Waals surface area contributed by atoms with E-state index in [2.05, 4.69) is 31.3 Å². The quantitative estimate of drug-likeness (QED) is 0.867. The molecule has 3 rings (SSSR count). The molecule has 1 saturated carbocycles. The fraction of sp³-hybridized carbons (Fsp3) is 0.588. The Morgan fingerprint density at radius 1 is 1.35 bits per heavy atom. The van der Waals surface area contributed by atoms with E-state index in [-0.39, 0.29) is 11.9 Å². The second kappa shape index (κ2) is 4.88. The number of benzene rings is 1. The summed E-state index contributed by atoms with van der Waals surface area (Å²) in [7, 11) is 0. The molecule has 1 aromatic rings. The van der Waals surface area contributed by atoms with E-state index in [9.17, 15) is 4.79 Å². The van der Waals surface area contributed by atoms with Crippen molar-refractivity contribution in [1.29, 1.82) is 0 Å². The molecule has 0 aromatic heterocycles. The molecular formula is C17H24N2O. The Morgan fingerprint density at radius 2 is 2.15 bits per heavy atom. The Kier molecular flexibility index (Phi) is 3.33.